The molecule has 1 unspecified atom stereocenters. The molecule has 1 aromatic rings. The average molecular weight is 292 g/mol. The number of rotatable bonds is 10. The van der Waals surface area contributed by atoms with E-state index in [9.17, 15) is 0 Å². The van der Waals surface area contributed by atoms with Gasteiger partial charge in [-0.25, -0.2) is 0 Å². The molecule has 1 aromatic carbocycles. The first-order valence-corrected chi connectivity index (χ1v) is 9.13. The van der Waals surface area contributed by atoms with Gasteiger partial charge in [0.25, 0.3) is 0 Å². The highest BCUT2D eigenvalue weighted by Crippen LogP contribution is 2.43. The Morgan fingerprint density at radius 3 is 1.95 bits per heavy atom. The molecule has 0 aliphatic heterocycles. The lowest BCUT2D eigenvalue weighted by molar-refractivity contribution is 0.476. The van der Waals surface area contributed by atoms with E-state index in [1.807, 2.05) is 0 Å². The van der Waals surface area contributed by atoms with Gasteiger partial charge >= 0.3 is 0 Å². The fourth-order valence-electron chi connectivity index (χ4n) is 2.97. The SMILES string of the molecule is CCCCc1ccccc1C(P)(CCCC)CCCC. The predicted molar refractivity (Wildman–Crippen MR) is 95.5 cm³/mol. The number of benzene rings is 1. The molecule has 0 heterocycles. The molecule has 1 atom stereocenters. The third-order valence-corrected chi connectivity index (χ3v) is 5.19. The van der Waals surface area contributed by atoms with Crippen molar-refractivity contribution in [2.24, 2.45) is 0 Å². The zero-order valence-corrected chi connectivity index (χ0v) is 14.9. The molecule has 114 valence electrons. The maximum atomic E-state index is 3.23. The third-order valence-electron chi connectivity index (χ3n) is 4.31. The fourth-order valence-corrected chi connectivity index (χ4v) is 3.66. The van der Waals surface area contributed by atoms with E-state index in [2.05, 4.69) is 54.3 Å². The van der Waals surface area contributed by atoms with Crippen molar-refractivity contribution in [1.29, 1.82) is 0 Å². The van der Waals surface area contributed by atoms with E-state index in [0.717, 1.165) is 0 Å². The summed E-state index contributed by atoms with van der Waals surface area (Å²) in [6, 6.07) is 9.16. The molecule has 1 rings (SSSR count). The summed E-state index contributed by atoms with van der Waals surface area (Å²) in [5, 5.41) is 0.302. The van der Waals surface area contributed by atoms with Crippen molar-refractivity contribution in [3.63, 3.8) is 0 Å². The number of unbranched alkanes of at least 4 members (excludes halogenated alkanes) is 3. The van der Waals surface area contributed by atoms with Gasteiger partial charge < -0.3 is 0 Å². The summed E-state index contributed by atoms with van der Waals surface area (Å²) in [5.74, 6) is 0. The summed E-state index contributed by atoms with van der Waals surface area (Å²) in [7, 11) is 3.23. The van der Waals surface area contributed by atoms with E-state index in [0.29, 0.717) is 5.16 Å². The molecule has 0 aromatic heterocycles. The molecular formula is C19H33P. The molecule has 0 fully saturated rings. The second kappa shape index (κ2) is 9.56. The van der Waals surface area contributed by atoms with Gasteiger partial charge in [-0.2, -0.15) is 0 Å². The Kier molecular flexibility index (Phi) is 8.46. The Morgan fingerprint density at radius 1 is 0.850 bits per heavy atom. The number of hydrogen-bond acceptors (Lipinski definition) is 0. The summed E-state index contributed by atoms with van der Waals surface area (Å²) in [5.41, 5.74) is 3.18. The van der Waals surface area contributed by atoms with Gasteiger partial charge in [-0.15, -0.1) is 9.24 Å². The van der Waals surface area contributed by atoms with Gasteiger partial charge in [-0.05, 0) is 36.8 Å². The van der Waals surface area contributed by atoms with Gasteiger partial charge in [-0.3, -0.25) is 0 Å². The van der Waals surface area contributed by atoms with E-state index in [-0.39, 0.29) is 0 Å². The minimum absolute atomic E-state index is 0.302. The zero-order valence-electron chi connectivity index (χ0n) is 13.8. The lowest BCUT2D eigenvalue weighted by Gasteiger charge is -2.32. The molecule has 0 spiro atoms. The number of aryl methyl sites for hydroxylation is 1. The van der Waals surface area contributed by atoms with Crippen LogP contribution < -0.4 is 0 Å². The Hall–Kier alpha value is -0.350. The van der Waals surface area contributed by atoms with Crippen molar-refractivity contribution in [3.05, 3.63) is 35.4 Å². The van der Waals surface area contributed by atoms with Gasteiger partial charge in [0.15, 0.2) is 0 Å². The van der Waals surface area contributed by atoms with E-state index < -0.39 is 0 Å². The lowest BCUT2D eigenvalue weighted by Crippen LogP contribution is -2.20. The molecular weight excluding hydrogens is 259 g/mol. The normalized spacial score (nSPS) is 11.8. The summed E-state index contributed by atoms with van der Waals surface area (Å²) >= 11 is 0. The minimum Gasteiger partial charge on any atom is -0.126 e. The lowest BCUT2D eigenvalue weighted by atomic mass is 9.84. The van der Waals surface area contributed by atoms with Crippen LogP contribution in [0.15, 0.2) is 24.3 Å². The van der Waals surface area contributed by atoms with Crippen LogP contribution in [0.25, 0.3) is 0 Å². The van der Waals surface area contributed by atoms with Crippen molar-refractivity contribution < 1.29 is 0 Å². The molecule has 0 amide bonds. The Morgan fingerprint density at radius 2 is 1.40 bits per heavy atom. The monoisotopic (exact) mass is 292 g/mol. The smallest absolute Gasteiger partial charge is 0.0100 e. The number of hydrogen-bond donors (Lipinski definition) is 0. The Bertz CT molecular complexity index is 362. The van der Waals surface area contributed by atoms with Gasteiger partial charge in [0.1, 0.15) is 0 Å². The molecule has 0 aliphatic rings. The highest BCUT2D eigenvalue weighted by atomic mass is 31.0. The average Bonchev–Trinajstić information content (AvgIpc) is 2.49. The summed E-state index contributed by atoms with van der Waals surface area (Å²) < 4.78 is 0. The van der Waals surface area contributed by atoms with Crippen LogP contribution in [0.1, 0.15) is 83.3 Å². The van der Waals surface area contributed by atoms with E-state index in [4.69, 9.17) is 0 Å². The van der Waals surface area contributed by atoms with E-state index >= 15 is 0 Å². The largest absolute Gasteiger partial charge is 0.126 e. The molecule has 0 saturated heterocycles. The quantitative estimate of drug-likeness (QED) is 0.433. The predicted octanol–water partition coefficient (Wildman–Crippen LogP) is 6.48. The molecule has 1 heteroatoms. The maximum absolute atomic E-state index is 3.23. The standard InChI is InChI=1S/C19H33P/c1-4-7-12-17-13-10-11-14-18(17)19(20,15-8-5-2)16-9-6-3/h10-11,13-14H,4-9,12,15-16,20H2,1-3H3. The molecule has 0 bridgehead atoms. The Balaban J connectivity index is 2.98. The second-order valence-corrected chi connectivity index (χ2v) is 7.23. The van der Waals surface area contributed by atoms with Gasteiger partial charge in [0.05, 0.1) is 0 Å². The summed E-state index contributed by atoms with van der Waals surface area (Å²) in [6.07, 6.45) is 11.7. The third kappa shape index (κ3) is 5.21. The highest BCUT2D eigenvalue weighted by molar-refractivity contribution is 7.18. The van der Waals surface area contributed by atoms with Crippen LogP contribution in [0, 0.1) is 0 Å². The van der Waals surface area contributed by atoms with Crippen LogP contribution in [-0.2, 0) is 11.6 Å². The molecule has 0 N–H and O–H groups in total. The van der Waals surface area contributed by atoms with Crippen LogP contribution in [0.4, 0.5) is 0 Å². The second-order valence-electron chi connectivity index (χ2n) is 6.12. The van der Waals surface area contributed by atoms with Gasteiger partial charge in [0, 0.05) is 5.16 Å². The van der Waals surface area contributed by atoms with Crippen LogP contribution >= 0.6 is 9.24 Å². The van der Waals surface area contributed by atoms with Crippen molar-refractivity contribution in [2.75, 3.05) is 0 Å². The van der Waals surface area contributed by atoms with Gasteiger partial charge in [-0.1, -0.05) is 77.1 Å². The van der Waals surface area contributed by atoms with Crippen LogP contribution in [0.3, 0.4) is 0 Å². The highest BCUT2D eigenvalue weighted by Gasteiger charge is 2.27. The summed E-state index contributed by atoms with van der Waals surface area (Å²) in [6.45, 7) is 6.88. The van der Waals surface area contributed by atoms with Crippen LogP contribution in [0.5, 0.6) is 0 Å². The van der Waals surface area contributed by atoms with E-state index in [1.165, 1.54) is 57.8 Å². The molecule has 0 saturated carbocycles. The van der Waals surface area contributed by atoms with Crippen molar-refractivity contribution in [1.82, 2.24) is 0 Å². The molecule has 0 nitrogen and oxygen atoms in total. The Labute approximate surface area is 129 Å². The van der Waals surface area contributed by atoms with Crippen molar-refractivity contribution in [2.45, 2.75) is 83.7 Å². The van der Waals surface area contributed by atoms with Gasteiger partial charge in [0.2, 0.25) is 0 Å². The first-order valence-electron chi connectivity index (χ1n) is 8.55. The topological polar surface area (TPSA) is 0 Å². The first-order chi connectivity index (χ1) is 9.68. The molecule has 0 aliphatic carbocycles. The van der Waals surface area contributed by atoms with Crippen LogP contribution in [0.2, 0.25) is 0 Å². The van der Waals surface area contributed by atoms with Crippen molar-refractivity contribution in [3.8, 4) is 0 Å². The van der Waals surface area contributed by atoms with Crippen molar-refractivity contribution >= 4 is 9.24 Å². The minimum atomic E-state index is 0.302. The molecule has 0 radical (unpaired) electrons. The maximum Gasteiger partial charge on any atom is 0.0100 e. The zero-order chi connectivity index (χ0) is 14.8. The summed E-state index contributed by atoms with van der Waals surface area (Å²) in [4.78, 5) is 0. The first kappa shape index (κ1) is 17.7. The molecule has 20 heavy (non-hydrogen) atoms. The van der Waals surface area contributed by atoms with E-state index in [1.54, 1.807) is 11.1 Å². The fraction of sp³-hybridized carbons (Fsp3) is 0.684. The van der Waals surface area contributed by atoms with Crippen LogP contribution in [-0.4, -0.2) is 0 Å².